The lowest BCUT2D eigenvalue weighted by atomic mass is 9.82. The van der Waals surface area contributed by atoms with Crippen LogP contribution in [0.4, 0.5) is 0 Å². The number of ketones is 1. The Morgan fingerprint density at radius 3 is 2.27 bits per heavy atom. The van der Waals surface area contributed by atoms with E-state index in [0.717, 1.165) is 64.2 Å². The molecule has 0 aromatic carbocycles. The monoisotopic (exact) mass is 679 g/mol. The first-order valence-corrected chi connectivity index (χ1v) is 18.2. The Kier molecular flexibility index (Phi) is 11.7. The molecule has 6 atom stereocenters. The third-order valence-corrected chi connectivity index (χ3v) is 10.7. The van der Waals surface area contributed by atoms with E-state index in [2.05, 4.69) is 31.2 Å². The molecule has 0 radical (unpaired) electrons. The average molecular weight is 680 g/mol. The smallest absolute Gasteiger partial charge is 0.289 e. The van der Waals surface area contributed by atoms with Crippen LogP contribution in [-0.2, 0) is 24.0 Å². The fraction of sp³-hybridized carbons (Fsp3) is 0.722. The number of aromatic nitrogens is 2. The number of carbonyl (C=O) groups is 6. The fourth-order valence-electron chi connectivity index (χ4n) is 7.87. The van der Waals surface area contributed by atoms with E-state index in [0.29, 0.717) is 19.4 Å². The van der Waals surface area contributed by atoms with Crippen LogP contribution >= 0.6 is 0 Å². The minimum absolute atomic E-state index is 0.0132. The molecule has 1 aromatic rings. The van der Waals surface area contributed by atoms with Gasteiger partial charge in [-0.3, -0.25) is 33.8 Å². The van der Waals surface area contributed by atoms with Crippen molar-refractivity contribution in [1.29, 1.82) is 0 Å². The predicted octanol–water partition coefficient (Wildman–Crippen LogP) is 2.45. The molecule has 1 aliphatic heterocycles. The SMILES string of the molecule is CCC[C@H](NC(=O)[C@@H]1[C@H]2CCC[C@H]2CN1C(=O)C(NC(=O)[C@@H](NC(=O)c1cnccn1)C1CCCCC1)C(C)(C)C)C(=O)C(=O)NC1CC1. The van der Waals surface area contributed by atoms with Gasteiger partial charge in [-0.05, 0) is 68.1 Å². The molecular weight excluding hydrogens is 626 g/mol. The second-order valence-electron chi connectivity index (χ2n) is 15.5. The van der Waals surface area contributed by atoms with Crippen LogP contribution in [0.3, 0.4) is 0 Å². The molecule has 4 N–H and O–H groups in total. The summed E-state index contributed by atoms with van der Waals surface area (Å²) in [5.41, 5.74) is -0.638. The highest BCUT2D eigenvalue weighted by Crippen LogP contribution is 2.43. The molecule has 3 saturated carbocycles. The Morgan fingerprint density at radius 2 is 1.63 bits per heavy atom. The van der Waals surface area contributed by atoms with E-state index in [1.165, 1.54) is 18.6 Å². The molecule has 1 saturated heterocycles. The highest BCUT2D eigenvalue weighted by Gasteiger charge is 2.52. The predicted molar refractivity (Wildman–Crippen MR) is 181 cm³/mol. The molecule has 3 aliphatic carbocycles. The molecule has 5 rings (SSSR count). The first-order valence-electron chi connectivity index (χ1n) is 18.2. The van der Waals surface area contributed by atoms with Gasteiger partial charge < -0.3 is 26.2 Å². The zero-order valence-corrected chi connectivity index (χ0v) is 29.3. The second-order valence-corrected chi connectivity index (χ2v) is 15.5. The van der Waals surface area contributed by atoms with Crippen LogP contribution in [0.2, 0.25) is 0 Å². The summed E-state index contributed by atoms with van der Waals surface area (Å²) < 4.78 is 0. The van der Waals surface area contributed by atoms with Gasteiger partial charge in [-0.25, -0.2) is 4.98 Å². The minimum atomic E-state index is -0.994. The molecule has 2 heterocycles. The fourth-order valence-corrected chi connectivity index (χ4v) is 7.87. The van der Waals surface area contributed by atoms with E-state index in [9.17, 15) is 28.8 Å². The number of amides is 5. The largest absolute Gasteiger partial charge is 0.347 e. The van der Waals surface area contributed by atoms with Crippen molar-refractivity contribution < 1.29 is 28.8 Å². The van der Waals surface area contributed by atoms with Crippen molar-refractivity contribution >= 4 is 35.3 Å². The van der Waals surface area contributed by atoms with Crippen molar-refractivity contribution in [3.05, 3.63) is 24.3 Å². The number of fused-ring (bicyclic) bond motifs is 1. The maximum Gasteiger partial charge on any atom is 0.289 e. The van der Waals surface area contributed by atoms with Gasteiger partial charge >= 0.3 is 0 Å². The highest BCUT2D eigenvalue weighted by molar-refractivity contribution is 6.38. The first kappa shape index (κ1) is 36.4. The summed E-state index contributed by atoms with van der Waals surface area (Å²) in [7, 11) is 0. The summed E-state index contributed by atoms with van der Waals surface area (Å²) >= 11 is 0. The number of hydrogen-bond donors (Lipinski definition) is 4. The molecular formula is C36H53N7O6. The van der Waals surface area contributed by atoms with Gasteiger partial charge in [0.2, 0.25) is 23.5 Å². The highest BCUT2D eigenvalue weighted by atomic mass is 16.2. The molecule has 1 aromatic heterocycles. The number of nitrogens with zero attached hydrogens (tertiary/aromatic N) is 3. The van der Waals surface area contributed by atoms with Crippen LogP contribution in [0.1, 0.15) is 115 Å². The summed E-state index contributed by atoms with van der Waals surface area (Å²) in [6.45, 7) is 7.85. The van der Waals surface area contributed by atoms with Gasteiger partial charge in [-0.15, -0.1) is 0 Å². The van der Waals surface area contributed by atoms with Crippen LogP contribution in [0.15, 0.2) is 18.6 Å². The van der Waals surface area contributed by atoms with Gasteiger partial charge in [0.05, 0.1) is 12.2 Å². The van der Waals surface area contributed by atoms with Gasteiger partial charge in [0, 0.05) is 25.0 Å². The van der Waals surface area contributed by atoms with Gasteiger partial charge in [0.15, 0.2) is 0 Å². The third kappa shape index (κ3) is 8.83. The van der Waals surface area contributed by atoms with Crippen molar-refractivity contribution in [1.82, 2.24) is 36.1 Å². The summed E-state index contributed by atoms with van der Waals surface area (Å²) in [6.07, 6.45) is 13.9. The zero-order chi connectivity index (χ0) is 35.3. The van der Waals surface area contributed by atoms with Crippen LogP contribution in [0.25, 0.3) is 0 Å². The van der Waals surface area contributed by atoms with Crippen LogP contribution in [-0.4, -0.2) is 86.9 Å². The van der Waals surface area contributed by atoms with Crippen LogP contribution < -0.4 is 21.3 Å². The van der Waals surface area contributed by atoms with E-state index < -0.39 is 59.0 Å². The van der Waals surface area contributed by atoms with E-state index >= 15 is 0 Å². The van der Waals surface area contributed by atoms with Crippen molar-refractivity contribution in [2.24, 2.45) is 23.2 Å². The number of carbonyl (C=O) groups excluding carboxylic acids is 6. The van der Waals surface area contributed by atoms with Gasteiger partial charge in [0.25, 0.3) is 11.8 Å². The summed E-state index contributed by atoms with van der Waals surface area (Å²) in [4.78, 5) is 91.4. The van der Waals surface area contributed by atoms with Crippen molar-refractivity contribution in [2.75, 3.05) is 6.54 Å². The molecule has 13 nitrogen and oxygen atoms in total. The van der Waals surface area contributed by atoms with Crippen LogP contribution in [0, 0.1) is 23.2 Å². The topological polar surface area (TPSA) is 180 Å². The number of Topliss-reactive ketones (excluding diaryl/α,β-unsaturated/α-hetero) is 1. The van der Waals surface area contributed by atoms with E-state index in [1.54, 1.807) is 4.90 Å². The summed E-state index contributed by atoms with van der Waals surface area (Å²) in [5.74, 6) is -3.20. The molecule has 5 amide bonds. The van der Waals surface area contributed by atoms with Crippen LogP contribution in [0.5, 0.6) is 0 Å². The Bertz CT molecular complexity index is 1390. The lowest BCUT2D eigenvalue weighted by Gasteiger charge is -2.38. The third-order valence-electron chi connectivity index (χ3n) is 10.7. The Balaban J connectivity index is 1.36. The summed E-state index contributed by atoms with van der Waals surface area (Å²) in [5, 5.41) is 11.5. The Labute approximate surface area is 288 Å². The van der Waals surface area contributed by atoms with Crippen molar-refractivity contribution in [3.63, 3.8) is 0 Å². The second kappa shape index (κ2) is 15.8. The summed E-state index contributed by atoms with van der Waals surface area (Å²) in [6, 6.07) is -3.68. The van der Waals surface area contributed by atoms with E-state index in [4.69, 9.17) is 0 Å². The number of likely N-dealkylation sites (tertiary alicyclic amines) is 1. The number of rotatable bonds is 13. The molecule has 268 valence electrons. The standard InChI is InChI=1S/C36H53N7O6/c1-5-10-25(29(44)34(48)39-23-15-16-23)40-33(47)28-24-14-9-13-22(24)20-43(28)35(49)30(36(2,3)4)42-32(46)27(21-11-7-6-8-12-21)41-31(45)26-19-37-17-18-38-26/h17-19,21-25,27-28,30H,5-16,20H2,1-4H3,(H,39,48)(H,40,47)(H,41,45)(H,42,46)/t22-,24-,25-,27-,28-,30?/m0/s1. The molecule has 4 aliphatic rings. The van der Waals surface area contributed by atoms with Crippen molar-refractivity contribution in [3.8, 4) is 0 Å². The van der Waals surface area contributed by atoms with Crippen molar-refractivity contribution in [2.45, 2.75) is 135 Å². The van der Waals surface area contributed by atoms with Gasteiger partial charge in [0.1, 0.15) is 23.8 Å². The Hall–Kier alpha value is -3.90. The molecule has 13 heteroatoms. The maximum atomic E-state index is 14.6. The molecule has 4 fully saturated rings. The van der Waals surface area contributed by atoms with E-state index in [1.807, 2.05) is 27.7 Å². The van der Waals surface area contributed by atoms with Gasteiger partial charge in [-0.1, -0.05) is 59.8 Å². The minimum Gasteiger partial charge on any atom is -0.347 e. The molecule has 49 heavy (non-hydrogen) atoms. The number of hydrogen-bond acceptors (Lipinski definition) is 8. The maximum absolute atomic E-state index is 14.6. The lowest BCUT2D eigenvalue weighted by molar-refractivity contribution is -0.146. The molecule has 1 unspecified atom stereocenters. The molecule has 0 bridgehead atoms. The normalized spacial score (nSPS) is 24.2. The van der Waals surface area contributed by atoms with Gasteiger partial charge in [-0.2, -0.15) is 0 Å². The number of nitrogens with one attached hydrogen (secondary N) is 4. The zero-order valence-electron chi connectivity index (χ0n) is 29.3. The Morgan fingerprint density at radius 1 is 0.898 bits per heavy atom. The lowest BCUT2D eigenvalue weighted by Crippen LogP contribution is -2.62. The molecule has 0 spiro atoms. The van der Waals surface area contributed by atoms with E-state index in [-0.39, 0.29) is 35.4 Å². The quantitative estimate of drug-likeness (QED) is 0.230. The first-order chi connectivity index (χ1) is 23.4. The average Bonchev–Trinajstić information content (AvgIpc) is 3.65.